The van der Waals surface area contributed by atoms with Gasteiger partial charge in [0.1, 0.15) is 0 Å². The van der Waals surface area contributed by atoms with Crippen molar-refractivity contribution in [2.24, 2.45) is 0 Å². The summed E-state index contributed by atoms with van der Waals surface area (Å²) in [5, 5.41) is 0. The number of esters is 1. The lowest BCUT2D eigenvalue weighted by Gasteiger charge is -2.03. The molecule has 0 saturated carbocycles. The number of methoxy groups -OCH3 is 1. The third-order valence-corrected chi connectivity index (χ3v) is 2.22. The Bertz CT molecular complexity index is 540. The number of ether oxygens (including phenoxy) is 1. The van der Waals surface area contributed by atoms with E-state index < -0.39 is 11.9 Å². The average Bonchev–Trinajstić information content (AvgIpc) is 2.39. The highest BCUT2D eigenvalue weighted by atomic mass is 19.1. The number of hydrogen-bond donors (Lipinski definition) is 0. The largest absolute Gasteiger partial charge is 0.465 e. The van der Waals surface area contributed by atoms with E-state index in [2.05, 4.69) is 14.7 Å². The predicted molar refractivity (Wildman–Crippen MR) is 58.8 cm³/mol. The number of aromatic nitrogens is 2. The third kappa shape index (κ3) is 2.44. The summed E-state index contributed by atoms with van der Waals surface area (Å²) in [5.74, 6) is -1.01. The Kier molecular flexibility index (Phi) is 3.09. The van der Waals surface area contributed by atoms with Gasteiger partial charge in [0.25, 0.3) is 0 Å². The van der Waals surface area contributed by atoms with Gasteiger partial charge in [0.05, 0.1) is 12.7 Å². The van der Waals surface area contributed by atoms with Gasteiger partial charge in [-0.3, -0.25) is 4.98 Å². The first-order valence-electron chi connectivity index (χ1n) is 4.86. The molecular weight excluding hydrogens is 223 g/mol. The minimum atomic E-state index is -0.550. The van der Waals surface area contributed by atoms with Gasteiger partial charge in [0.2, 0.25) is 5.95 Å². The van der Waals surface area contributed by atoms with Gasteiger partial charge in [0, 0.05) is 29.7 Å². The van der Waals surface area contributed by atoms with Crippen LogP contribution < -0.4 is 0 Å². The van der Waals surface area contributed by atoms with E-state index in [0.717, 1.165) is 0 Å². The van der Waals surface area contributed by atoms with E-state index in [9.17, 15) is 9.18 Å². The zero-order valence-corrected chi connectivity index (χ0v) is 9.05. The lowest BCUT2D eigenvalue weighted by molar-refractivity contribution is 0.0600. The van der Waals surface area contributed by atoms with Crippen molar-refractivity contribution in [3.63, 3.8) is 0 Å². The van der Waals surface area contributed by atoms with Crippen LogP contribution in [-0.2, 0) is 4.74 Å². The molecule has 5 heteroatoms. The van der Waals surface area contributed by atoms with E-state index >= 15 is 0 Å². The third-order valence-electron chi connectivity index (χ3n) is 2.22. The molecule has 0 amide bonds. The Morgan fingerprint density at radius 2 is 2.06 bits per heavy atom. The van der Waals surface area contributed by atoms with Gasteiger partial charge < -0.3 is 4.74 Å². The first-order valence-corrected chi connectivity index (χ1v) is 4.86. The zero-order chi connectivity index (χ0) is 12.3. The number of hydrogen-bond acceptors (Lipinski definition) is 4. The molecule has 0 aliphatic carbocycles. The Labute approximate surface area is 97.1 Å². The molecule has 0 N–H and O–H groups in total. The van der Waals surface area contributed by atoms with Gasteiger partial charge in [-0.25, -0.2) is 9.78 Å². The van der Waals surface area contributed by atoms with Crippen molar-refractivity contribution < 1.29 is 13.9 Å². The Hall–Kier alpha value is -2.30. The quantitative estimate of drug-likeness (QED) is 0.587. The minimum Gasteiger partial charge on any atom is -0.465 e. The molecule has 86 valence electrons. The molecule has 17 heavy (non-hydrogen) atoms. The second-order valence-corrected chi connectivity index (χ2v) is 3.32. The molecule has 0 saturated heterocycles. The molecule has 2 aromatic rings. The van der Waals surface area contributed by atoms with E-state index in [-0.39, 0.29) is 0 Å². The van der Waals surface area contributed by atoms with Crippen LogP contribution in [-0.4, -0.2) is 23.0 Å². The van der Waals surface area contributed by atoms with Gasteiger partial charge in [-0.05, 0) is 18.2 Å². The van der Waals surface area contributed by atoms with E-state index in [1.165, 1.54) is 25.6 Å². The number of carbonyl (C=O) groups excluding carboxylic acids is 1. The van der Waals surface area contributed by atoms with Crippen molar-refractivity contribution in [3.05, 3.63) is 48.3 Å². The number of rotatable bonds is 2. The molecule has 0 atom stereocenters. The van der Waals surface area contributed by atoms with Crippen molar-refractivity contribution in [2.45, 2.75) is 0 Å². The molecule has 0 fully saturated rings. The van der Waals surface area contributed by atoms with Crippen molar-refractivity contribution in [2.75, 3.05) is 7.11 Å². The van der Waals surface area contributed by atoms with Crippen LogP contribution in [0.25, 0.3) is 11.1 Å². The summed E-state index contributed by atoms with van der Waals surface area (Å²) in [4.78, 5) is 18.8. The Balaban J connectivity index is 2.39. The lowest BCUT2D eigenvalue weighted by Crippen LogP contribution is -2.01. The highest BCUT2D eigenvalue weighted by molar-refractivity contribution is 5.90. The molecule has 0 spiro atoms. The summed E-state index contributed by atoms with van der Waals surface area (Å²) < 4.78 is 17.3. The van der Waals surface area contributed by atoms with Crippen LogP contribution in [0.2, 0.25) is 0 Å². The van der Waals surface area contributed by atoms with E-state index in [0.29, 0.717) is 16.7 Å². The first kappa shape index (κ1) is 11.2. The molecule has 0 aliphatic rings. The summed E-state index contributed by atoms with van der Waals surface area (Å²) in [6.07, 6.45) is 4.36. The lowest BCUT2D eigenvalue weighted by atomic mass is 10.1. The SMILES string of the molecule is COC(=O)c1cncc(-c2ccc(F)nc2)c1. The molecule has 2 heterocycles. The number of carbonyl (C=O) groups is 1. The molecule has 0 radical (unpaired) electrons. The van der Waals surface area contributed by atoms with Gasteiger partial charge in [-0.1, -0.05) is 0 Å². The van der Waals surface area contributed by atoms with Crippen LogP contribution in [0.3, 0.4) is 0 Å². The first-order chi connectivity index (χ1) is 8.20. The maximum absolute atomic E-state index is 12.7. The van der Waals surface area contributed by atoms with Crippen molar-refractivity contribution in [3.8, 4) is 11.1 Å². The van der Waals surface area contributed by atoms with E-state index in [1.54, 1.807) is 18.3 Å². The molecule has 0 unspecified atom stereocenters. The molecule has 2 rings (SSSR count). The maximum atomic E-state index is 12.7. The van der Waals surface area contributed by atoms with Crippen molar-refractivity contribution in [1.82, 2.24) is 9.97 Å². The predicted octanol–water partition coefficient (Wildman–Crippen LogP) is 2.07. The zero-order valence-electron chi connectivity index (χ0n) is 9.05. The van der Waals surface area contributed by atoms with Gasteiger partial charge in [-0.15, -0.1) is 0 Å². The fourth-order valence-corrected chi connectivity index (χ4v) is 1.37. The topological polar surface area (TPSA) is 52.1 Å². The van der Waals surface area contributed by atoms with Gasteiger partial charge in [0.15, 0.2) is 0 Å². The van der Waals surface area contributed by atoms with Crippen LogP contribution in [0, 0.1) is 5.95 Å². The standard InChI is InChI=1S/C12H9FN2O2/c1-17-12(16)10-4-9(5-14-6-10)8-2-3-11(13)15-7-8/h2-7H,1H3. The summed E-state index contributed by atoms with van der Waals surface area (Å²) in [7, 11) is 1.30. The van der Waals surface area contributed by atoms with Gasteiger partial charge >= 0.3 is 5.97 Å². The minimum absolute atomic E-state index is 0.342. The fraction of sp³-hybridized carbons (Fsp3) is 0.0833. The summed E-state index contributed by atoms with van der Waals surface area (Å²) >= 11 is 0. The number of pyridine rings is 2. The second kappa shape index (κ2) is 4.69. The Morgan fingerprint density at radius 3 is 2.71 bits per heavy atom. The van der Waals surface area contributed by atoms with Crippen LogP contribution in [0.15, 0.2) is 36.8 Å². The highest BCUT2D eigenvalue weighted by Gasteiger charge is 2.07. The molecule has 0 aliphatic heterocycles. The molecule has 2 aromatic heterocycles. The summed E-state index contributed by atoms with van der Waals surface area (Å²) in [6.45, 7) is 0. The maximum Gasteiger partial charge on any atom is 0.339 e. The highest BCUT2D eigenvalue weighted by Crippen LogP contribution is 2.18. The Morgan fingerprint density at radius 1 is 1.24 bits per heavy atom. The van der Waals surface area contributed by atoms with E-state index in [1.807, 2.05) is 0 Å². The van der Waals surface area contributed by atoms with Crippen molar-refractivity contribution >= 4 is 5.97 Å². The van der Waals surface area contributed by atoms with Crippen LogP contribution in [0.1, 0.15) is 10.4 Å². The number of nitrogens with zero attached hydrogens (tertiary/aromatic N) is 2. The fourth-order valence-electron chi connectivity index (χ4n) is 1.37. The molecule has 4 nitrogen and oxygen atoms in total. The average molecular weight is 232 g/mol. The second-order valence-electron chi connectivity index (χ2n) is 3.32. The molecule has 0 aromatic carbocycles. The normalized spacial score (nSPS) is 10.0. The summed E-state index contributed by atoms with van der Waals surface area (Å²) in [5.41, 5.74) is 1.71. The molecular formula is C12H9FN2O2. The van der Waals surface area contributed by atoms with Gasteiger partial charge in [-0.2, -0.15) is 4.39 Å². The van der Waals surface area contributed by atoms with Crippen molar-refractivity contribution in [1.29, 1.82) is 0 Å². The number of halogens is 1. The summed E-state index contributed by atoms with van der Waals surface area (Å²) in [6, 6.07) is 4.44. The molecule has 0 bridgehead atoms. The van der Waals surface area contributed by atoms with Crippen LogP contribution in [0.4, 0.5) is 4.39 Å². The van der Waals surface area contributed by atoms with E-state index in [4.69, 9.17) is 0 Å². The smallest absolute Gasteiger partial charge is 0.339 e. The van der Waals surface area contributed by atoms with Crippen LogP contribution in [0.5, 0.6) is 0 Å². The van der Waals surface area contributed by atoms with Crippen LogP contribution >= 0.6 is 0 Å². The monoisotopic (exact) mass is 232 g/mol.